The Morgan fingerprint density at radius 1 is 0.733 bits per heavy atom. The molecule has 15 heavy (non-hydrogen) atoms. The topological polar surface area (TPSA) is 0 Å². The molecular weight excluding hydrogens is 224 g/mol. The molecular formula is C14H18Fe. The number of fused-ring (bicyclic) bond motifs is 10. The number of rotatable bonds is 2. The molecule has 10 aliphatic rings. The van der Waals surface area contributed by atoms with Gasteiger partial charge in [-0.3, -0.25) is 0 Å². The zero-order valence-electron chi connectivity index (χ0n) is 9.39. The molecule has 0 nitrogen and oxygen atoms in total. The predicted molar refractivity (Wildman–Crippen MR) is 56.0 cm³/mol. The van der Waals surface area contributed by atoms with E-state index in [1.807, 2.05) is 0 Å². The Labute approximate surface area is 80.5 Å². The summed E-state index contributed by atoms with van der Waals surface area (Å²) in [7, 11) is 0. The average Bonchev–Trinajstić information content (AvgIpc) is 3.21. The summed E-state index contributed by atoms with van der Waals surface area (Å²) in [5.41, 5.74) is 0. The molecule has 0 bridgehead atoms. The van der Waals surface area contributed by atoms with Crippen molar-refractivity contribution in [3.8, 4) is 0 Å². The standard InChI is InChI=1S/C9H13.C5H5.Fe/c1-3-8-6-5-7-9(8)4-2;1-2-4-5-3-1;/h5-7H,3-4H2,1-2H3;1-5H;. The molecule has 10 heterocycles. The van der Waals surface area contributed by atoms with Crippen LogP contribution in [0.5, 0.6) is 0 Å². The summed E-state index contributed by atoms with van der Waals surface area (Å²) in [6, 6.07) is 0. The van der Waals surface area contributed by atoms with Gasteiger partial charge in [0.05, 0.1) is 0 Å². The fourth-order valence-electron chi connectivity index (χ4n) is 19.6. The molecule has 0 aromatic rings. The van der Waals surface area contributed by atoms with Crippen LogP contribution in [0.2, 0.25) is 47.2 Å². The minimum atomic E-state index is -2.72. The Morgan fingerprint density at radius 3 is 1.27 bits per heavy atom. The molecule has 0 aliphatic carbocycles. The van der Waals surface area contributed by atoms with Crippen molar-refractivity contribution in [1.82, 2.24) is 0 Å². The second-order valence-corrected chi connectivity index (χ2v) is 34.2. The SMILES string of the molecule is CC[C]12[CH]3[CH]4[CH]5[C]1(CC)[Fe]43521678[CH]2[CH]1[CH]6[CH]7[CH]28. The van der Waals surface area contributed by atoms with Crippen molar-refractivity contribution in [3.63, 3.8) is 0 Å². The fraction of sp³-hybridized carbons (Fsp3) is 1.00. The molecule has 1 spiro atoms. The molecule has 10 rings (SSSR count). The number of hydrogen-bond donors (Lipinski definition) is 0. The summed E-state index contributed by atoms with van der Waals surface area (Å²) >= 11 is 0. The van der Waals surface area contributed by atoms with Crippen LogP contribution in [0.4, 0.5) is 0 Å². The molecule has 10 aliphatic heterocycles. The molecule has 0 amide bonds. The maximum atomic E-state index is 2.61. The molecule has 10 fully saturated rings. The van der Waals surface area contributed by atoms with Gasteiger partial charge in [0.25, 0.3) is 0 Å². The molecule has 4 atom stereocenters. The Kier molecular flexibility index (Phi) is 0.138. The van der Waals surface area contributed by atoms with Crippen LogP contribution in [0.25, 0.3) is 0 Å². The predicted octanol–water partition coefficient (Wildman–Crippen LogP) is 4.94. The van der Waals surface area contributed by atoms with Gasteiger partial charge in [-0.2, -0.15) is 0 Å². The van der Waals surface area contributed by atoms with Crippen molar-refractivity contribution in [2.24, 2.45) is 0 Å². The van der Waals surface area contributed by atoms with Crippen LogP contribution >= 0.6 is 0 Å². The first-order valence-corrected chi connectivity index (χ1v) is 13.5. The van der Waals surface area contributed by atoms with Crippen molar-refractivity contribution >= 4 is 0 Å². The van der Waals surface area contributed by atoms with E-state index >= 15 is 0 Å². The first-order valence-electron chi connectivity index (χ1n) is 7.27. The Balaban J connectivity index is 1.90. The first kappa shape index (κ1) is 5.44. The van der Waals surface area contributed by atoms with Gasteiger partial charge < -0.3 is 0 Å². The van der Waals surface area contributed by atoms with Crippen molar-refractivity contribution in [1.29, 1.82) is 0 Å². The monoisotopic (exact) mass is 242 g/mol. The van der Waals surface area contributed by atoms with Gasteiger partial charge >= 0.3 is 80.4 Å². The molecule has 0 aromatic heterocycles. The van der Waals surface area contributed by atoms with Gasteiger partial charge in [0, 0.05) is 0 Å². The van der Waals surface area contributed by atoms with E-state index in [0.717, 1.165) is 0 Å². The zero-order valence-corrected chi connectivity index (χ0v) is 10.5. The van der Waals surface area contributed by atoms with E-state index in [1.54, 1.807) is 12.8 Å². The van der Waals surface area contributed by atoms with Gasteiger partial charge in [-0.05, 0) is 0 Å². The summed E-state index contributed by atoms with van der Waals surface area (Å²) in [6.45, 7) is 2.50. The van der Waals surface area contributed by atoms with Gasteiger partial charge in [-0.25, -0.2) is 0 Å². The van der Waals surface area contributed by atoms with Crippen molar-refractivity contribution in [2.45, 2.75) is 73.8 Å². The molecule has 1 heteroatoms. The summed E-state index contributed by atoms with van der Waals surface area (Å²) < 4.78 is 2.36. The van der Waals surface area contributed by atoms with E-state index in [0.29, 0.717) is 0 Å². The minimum absolute atomic E-state index is 1.18. The van der Waals surface area contributed by atoms with Crippen LogP contribution in [0.1, 0.15) is 26.7 Å². The Bertz CT molecular complexity index is 844. The van der Waals surface area contributed by atoms with Crippen LogP contribution in [-0.4, -0.2) is 0 Å². The van der Waals surface area contributed by atoms with Crippen LogP contribution in [0, 0.1) is 0 Å². The van der Waals surface area contributed by atoms with Gasteiger partial charge in [0.15, 0.2) is 0 Å². The van der Waals surface area contributed by atoms with Gasteiger partial charge in [0.2, 0.25) is 0 Å². The molecule has 4 unspecified atom stereocenters. The third kappa shape index (κ3) is 0.0417. The molecule has 82 valence electrons. The molecule has 0 N–H and O–H groups in total. The van der Waals surface area contributed by atoms with Crippen LogP contribution in [-0.2, 0) is 6.51 Å². The third-order valence-electron chi connectivity index (χ3n) is 16.5. The van der Waals surface area contributed by atoms with E-state index in [-0.39, 0.29) is 0 Å². The zero-order chi connectivity index (χ0) is 9.35. The molecule has 0 aromatic carbocycles. The van der Waals surface area contributed by atoms with Gasteiger partial charge in [0.1, 0.15) is 0 Å². The van der Waals surface area contributed by atoms with Crippen LogP contribution < -0.4 is 0 Å². The van der Waals surface area contributed by atoms with Gasteiger partial charge in [-0.1, -0.05) is 0 Å². The Morgan fingerprint density at radius 2 is 1.13 bits per heavy atom. The normalized spacial score (nSPS) is 139. The second kappa shape index (κ2) is 0.380. The molecule has 0 radical (unpaired) electrons. The van der Waals surface area contributed by atoms with E-state index < -0.39 is 6.51 Å². The maximum absolute atomic E-state index is 2.72. The molecule has 0 saturated carbocycles. The summed E-state index contributed by atoms with van der Waals surface area (Å²) in [6.07, 6.45) is 3.34. The van der Waals surface area contributed by atoms with Crippen LogP contribution in [0.3, 0.4) is 0 Å². The second-order valence-electron chi connectivity index (χ2n) is 10.8. The van der Waals surface area contributed by atoms with Gasteiger partial charge in [-0.15, -0.1) is 0 Å². The quantitative estimate of drug-likeness (QED) is 0.602. The van der Waals surface area contributed by atoms with Crippen molar-refractivity contribution in [2.75, 3.05) is 0 Å². The first-order chi connectivity index (χ1) is 7.06. The van der Waals surface area contributed by atoms with Crippen molar-refractivity contribution < 1.29 is 6.51 Å². The van der Waals surface area contributed by atoms with E-state index in [1.165, 1.54) is 47.2 Å². The molecule has 10 saturated heterocycles. The van der Waals surface area contributed by atoms with Crippen molar-refractivity contribution in [3.05, 3.63) is 0 Å². The van der Waals surface area contributed by atoms with E-state index in [9.17, 15) is 0 Å². The average molecular weight is 242 g/mol. The summed E-state index contributed by atoms with van der Waals surface area (Å²) in [5.74, 6) is 0. The summed E-state index contributed by atoms with van der Waals surface area (Å²) in [5, 5.41) is 0. The van der Waals surface area contributed by atoms with Crippen LogP contribution in [0.15, 0.2) is 0 Å². The van der Waals surface area contributed by atoms with E-state index in [4.69, 9.17) is 0 Å². The number of hydrogen-bond acceptors (Lipinski definition) is 0. The Hall–Kier alpha value is 0.519. The fourth-order valence-corrected chi connectivity index (χ4v) is 99.0. The summed E-state index contributed by atoms with van der Waals surface area (Å²) in [4.78, 5) is 12.3. The van der Waals surface area contributed by atoms with E-state index in [2.05, 4.69) is 13.8 Å². The third-order valence-corrected chi connectivity index (χ3v) is 60.9.